The maximum atomic E-state index is 5.46. The van der Waals surface area contributed by atoms with Crippen molar-refractivity contribution in [2.45, 2.75) is 0 Å². The molecular weight excluding hydrogens is 336 g/mol. The van der Waals surface area contributed by atoms with E-state index in [2.05, 4.69) is 34.1 Å². The Labute approximate surface area is 130 Å². The molecule has 0 radical (unpaired) electrons. The standard InChI is InChI=1S/C16H13BrO2S/c1-18-10-7-8-12-14(9-10)20-16(15(12)17)11-5-3-4-6-13(11)19-2/h3-9H,1-2H3. The van der Waals surface area contributed by atoms with Crippen molar-refractivity contribution in [1.29, 1.82) is 0 Å². The lowest BCUT2D eigenvalue weighted by atomic mass is 10.1. The molecule has 2 nitrogen and oxygen atoms in total. The van der Waals surface area contributed by atoms with E-state index in [9.17, 15) is 0 Å². The third-order valence-corrected chi connectivity index (χ3v) is 5.46. The van der Waals surface area contributed by atoms with Crippen LogP contribution in [0.5, 0.6) is 11.5 Å². The number of methoxy groups -OCH3 is 2. The molecule has 4 heteroatoms. The number of rotatable bonds is 3. The first-order valence-electron chi connectivity index (χ1n) is 6.14. The monoisotopic (exact) mass is 348 g/mol. The smallest absolute Gasteiger partial charge is 0.127 e. The predicted octanol–water partition coefficient (Wildman–Crippen LogP) is 5.35. The summed E-state index contributed by atoms with van der Waals surface area (Å²) >= 11 is 5.44. The molecule has 0 unspecified atom stereocenters. The summed E-state index contributed by atoms with van der Waals surface area (Å²) in [5.74, 6) is 1.75. The molecule has 0 aliphatic carbocycles. The van der Waals surface area contributed by atoms with Crippen molar-refractivity contribution < 1.29 is 9.47 Å². The van der Waals surface area contributed by atoms with Gasteiger partial charge in [-0.25, -0.2) is 0 Å². The highest BCUT2D eigenvalue weighted by Crippen LogP contribution is 2.45. The summed E-state index contributed by atoms with van der Waals surface area (Å²) in [5, 5.41) is 1.19. The first-order valence-corrected chi connectivity index (χ1v) is 7.75. The SMILES string of the molecule is COc1ccc2c(Br)c(-c3ccccc3OC)sc2c1. The average Bonchev–Trinajstić information content (AvgIpc) is 2.83. The van der Waals surface area contributed by atoms with Crippen LogP contribution >= 0.6 is 27.3 Å². The van der Waals surface area contributed by atoms with Crippen LogP contribution in [0.3, 0.4) is 0 Å². The van der Waals surface area contributed by atoms with Crippen molar-refractivity contribution in [1.82, 2.24) is 0 Å². The summed E-state index contributed by atoms with van der Waals surface area (Å²) in [4.78, 5) is 1.17. The van der Waals surface area contributed by atoms with Crippen LogP contribution in [0.4, 0.5) is 0 Å². The average molecular weight is 349 g/mol. The van der Waals surface area contributed by atoms with Crippen LogP contribution in [0.15, 0.2) is 46.9 Å². The summed E-state index contributed by atoms with van der Waals surface area (Å²) in [6.45, 7) is 0. The van der Waals surface area contributed by atoms with Gasteiger partial charge < -0.3 is 9.47 Å². The predicted molar refractivity (Wildman–Crippen MR) is 88.1 cm³/mol. The molecule has 3 rings (SSSR count). The summed E-state index contributed by atoms with van der Waals surface area (Å²) in [5.41, 5.74) is 1.10. The third kappa shape index (κ3) is 2.19. The third-order valence-electron chi connectivity index (χ3n) is 3.19. The second-order valence-corrected chi connectivity index (χ2v) is 6.15. The van der Waals surface area contributed by atoms with Crippen molar-refractivity contribution in [2.24, 2.45) is 0 Å². The lowest BCUT2D eigenvalue weighted by Crippen LogP contribution is -1.85. The first kappa shape index (κ1) is 13.5. The molecule has 3 aromatic rings. The Kier molecular flexibility index (Phi) is 3.68. The molecule has 0 aliphatic rings. The quantitative estimate of drug-likeness (QED) is 0.635. The maximum Gasteiger partial charge on any atom is 0.127 e. The van der Waals surface area contributed by atoms with E-state index in [0.717, 1.165) is 21.5 Å². The fourth-order valence-electron chi connectivity index (χ4n) is 2.18. The molecule has 0 saturated carbocycles. The van der Waals surface area contributed by atoms with Crippen LogP contribution in [0, 0.1) is 0 Å². The number of para-hydroxylation sites is 1. The van der Waals surface area contributed by atoms with Gasteiger partial charge in [0, 0.05) is 20.1 Å². The molecule has 0 amide bonds. The van der Waals surface area contributed by atoms with Gasteiger partial charge in [-0.3, -0.25) is 0 Å². The largest absolute Gasteiger partial charge is 0.497 e. The number of hydrogen-bond acceptors (Lipinski definition) is 3. The Morgan fingerprint density at radius 1 is 1.00 bits per heavy atom. The molecule has 1 heterocycles. The molecule has 2 aromatic carbocycles. The fraction of sp³-hybridized carbons (Fsp3) is 0.125. The van der Waals surface area contributed by atoms with Gasteiger partial charge >= 0.3 is 0 Å². The molecule has 0 atom stereocenters. The fourth-order valence-corrected chi connectivity index (χ4v) is 4.26. The van der Waals surface area contributed by atoms with Gasteiger partial charge in [0.15, 0.2) is 0 Å². The van der Waals surface area contributed by atoms with Gasteiger partial charge in [-0.05, 0) is 46.3 Å². The van der Waals surface area contributed by atoms with Crippen LogP contribution in [0.1, 0.15) is 0 Å². The van der Waals surface area contributed by atoms with E-state index < -0.39 is 0 Å². The van der Waals surface area contributed by atoms with Crippen LogP contribution in [-0.2, 0) is 0 Å². The van der Waals surface area contributed by atoms with Gasteiger partial charge in [0.2, 0.25) is 0 Å². The van der Waals surface area contributed by atoms with Gasteiger partial charge in [0.05, 0.1) is 19.1 Å². The number of hydrogen-bond donors (Lipinski definition) is 0. The highest BCUT2D eigenvalue weighted by atomic mass is 79.9. The highest BCUT2D eigenvalue weighted by molar-refractivity contribution is 9.10. The Hall–Kier alpha value is -1.52. The molecule has 0 bridgehead atoms. The topological polar surface area (TPSA) is 18.5 Å². The van der Waals surface area contributed by atoms with E-state index in [1.807, 2.05) is 24.3 Å². The van der Waals surface area contributed by atoms with Crippen molar-refractivity contribution >= 4 is 37.4 Å². The minimum Gasteiger partial charge on any atom is -0.497 e. The van der Waals surface area contributed by atoms with Gasteiger partial charge in [-0.1, -0.05) is 12.1 Å². The number of fused-ring (bicyclic) bond motifs is 1. The van der Waals surface area contributed by atoms with Crippen LogP contribution in [0.25, 0.3) is 20.5 Å². The van der Waals surface area contributed by atoms with E-state index in [0.29, 0.717) is 0 Å². The zero-order chi connectivity index (χ0) is 14.1. The number of thiophene rings is 1. The van der Waals surface area contributed by atoms with Gasteiger partial charge in [-0.15, -0.1) is 11.3 Å². The number of halogens is 1. The van der Waals surface area contributed by atoms with Gasteiger partial charge in [0.1, 0.15) is 11.5 Å². The van der Waals surface area contributed by atoms with Crippen LogP contribution in [0.2, 0.25) is 0 Å². The first-order chi connectivity index (χ1) is 9.74. The second-order valence-electron chi connectivity index (χ2n) is 4.31. The minimum absolute atomic E-state index is 0.873. The molecule has 0 fully saturated rings. The number of benzene rings is 2. The summed E-state index contributed by atoms with van der Waals surface area (Å²) in [7, 11) is 3.38. The Balaban J connectivity index is 2.23. The molecular formula is C16H13BrO2S. The zero-order valence-electron chi connectivity index (χ0n) is 11.1. The summed E-state index contributed by atoms with van der Waals surface area (Å²) < 4.78 is 13.0. The molecule has 102 valence electrons. The molecule has 0 saturated heterocycles. The van der Waals surface area contributed by atoms with Crippen LogP contribution in [-0.4, -0.2) is 14.2 Å². The maximum absolute atomic E-state index is 5.46. The van der Waals surface area contributed by atoms with E-state index >= 15 is 0 Å². The zero-order valence-corrected chi connectivity index (χ0v) is 13.5. The molecule has 1 aromatic heterocycles. The van der Waals surface area contributed by atoms with E-state index in [-0.39, 0.29) is 0 Å². The molecule has 0 spiro atoms. The van der Waals surface area contributed by atoms with Crippen molar-refractivity contribution in [3.05, 3.63) is 46.9 Å². The van der Waals surface area contributed by atoms with E-state index in [1.165, 1.54) is 15.0 Å². The van der Waals surface area contributed by atoms with Gasteiger partial charge in [-0.2, -0.15) is 0 Å². The highest BCUT2D eigenvalue weighted by Gasteiger charge is 2.15. The summed E-state index contributed by atoms with van der Waals surface area (Å²) in [6.07, 6.45) is 0. The van der Waals surface area contributed by atoms with Crippen molar-refractivity contribution in [2.75, 3.05) is 14.2 Å². The Morgan fingerprint density at radius 2 is 1.80 bits per heavy atom. The van der Waals surface area contributed by atoms with E-state index in [1.54, 1.807) is 25.6 Å². The Morgan fingerprint density at radius 3 is 2.55 bits per heavy atom. The van der Waals surface area contributed by atoms with Gasteiger partial charge in [0.25, 0.3) is 0 Å². The summed E-state index contributed by atoms with van der Waals surface area (Å²) in [6, 6.07) is 14.2. The lowest BCUT2D eigenvalue weighted by molar-refractivity contribution is 0.415. The molecule has 0 N–H and O–H groups in total. The molecule has 20 heavy (non-hydrogen) atoms. The second kappa shape index (κ2) is 5.46. The lowest BCUT2D eigenvalue weighted by Gasteiger charge is -2.06. The number of ether oxygens (including phenoxy) is 2. The normalized spacial score (nSPS) is 10.8. The molecule has 0 aliphatic heterocycles. The van der Waals surface area contributed by atoms with Crippen molar-refractivity contribution in [3.8, 4) is 21.9 Å². The Bertz CT molecular complexity index is 764. The van der Waals surface area contributed by atoms with Crippen LogP contribution < -0.4 is 9.47 Å². The van der Waals surface area contributed by atoms with Crippen molar-refractivity contribution in [3.63, 3.8) is 0 Å². The van der Waals surface area contributed by atoms with E-state index in [4.69, 9.17) is 9.47 Å². The minimum atomic E-state index is 0.873.